The van der Waals surface area contributed by atoms with Gasteiger partial charge in [-0.15, -0.1) is 0 Å². The fourth-order valence-electron chi connectivity index (χ4n) is 2.34. The van der Waals surface area contributed by atoms with Crippen LogP contribution in [0.4, 0.5) is 43.9 Å². The van der Waals surface area contributed by atoms with Gasteiger partial charge in [0.05, 0.1) is 5.60 Å². The van der Waals surface area contributed by atoms with Crippen molar-refractivity contribution < 1.29 is 39.7 Å². The van der Waals surface area contributed by atoms with Crippen molar-refractivity contribution in [2.24, 2.45) is 0 Å². The van der Waals surface area contributed by atoms with Crippen LogP contribution in [0.3, 0.4) is 0 Å². The zero-order valence-corrected chi connectivity index (χ0v) is 16.1. The highest BCUT2D eigenvalue weighted by Crippen LogP contribution is 2.31. The molecule has 176 valence electrons. The molecule has 0 aliphatic carbocycles. The molecule has 0 amide bonds. The van der Waals surface area contributed by atoms with Crippen LogP contribution in [0.15, 0.2) is 36.5 Å². The third-order valence-electron chi connectivity index (χ3n) is 3.71. The fourth-order valence-corrected chi connectivity index (χ4v) is 2.34. The standard InChI is InChI=1S/C19H17F6N7O/c1-17(2,33)9-27-15-30-14(11-4-3-5-12(29-11)18(20,21)22)31-16(32-15)28-10-6-7-26-13(8-10)19(23,24)25/h3-8,33H,9H2,1-2H3,(H2,26,27,28,30,31,32)/i1D3,2D3. The first-order valence-electron chi connectivity index (χ1n) is 11.8. The summed E-state index contributed by atoms with van der Waals surface area (Å²) in [5, 5.41) is 15.0. The summed E-state index contributed by atoms with van der Waals surface area (Å²) in [6, 6.07) is 4.39. The molecule has 3 heterocycles. The van der Waals surface area contributed by atoms with E-state index in [-0.39, 0.29) is 5.69 Å². The van der Waals surface area contributed by atoms with E-state index < -0.39 is 73.0 Å². The zero-order chi connectivity index (χ0) is 29.4. The van der Waals surface area contributed by atoms with Crippen LogP contribution in [-0.2, 0) is 12.4 Å². The Balaban J connectivity index is 2.08. The fraction of sp³-hybridized carbons (Fsp3) is 0.316. The molecule has 0 aliphatic rings. The summed E-state index contributed by atoms with van der Waals surface area (Å²) >= 11 is 0. The van der Waals surface area contributed by atoms with Crippen LogP contribution >= 0.6 is 0 Å². The summed E-state index contributed by atoms with van der Waals surface area (Å²) in [7, 11) is 0. The van der Waals surface area contributed by atoms with Gasteiger partial charge in [-0.05, 0) is 38.0 Å². The second-order valence-corrected chi connectivity index (χ2v) is 6.48. The Morgan fingerprint density at radius 1 is 0.909 bits per heavy atom. The molecule has 0 saturated heterocycles. The first-order valence-corrected chi connectivity index (χ1v) is 8.78. The minimum absolute atomic E-state index is 0.251. The number of rotatable bonds is 6. The van der Waals surface area contributed by atoms with Crippen molar-refractivity contribution in [3.63, 3.8) is 0 Å². The third kappa shape index (κ3) is 6.71. The summed E-state index contributed by atoms with van der Waals surface area (Å²) in [4.78, 5) is 18.1. The van der Waals surface area contributed by atoms with Gasteiger partial charge < -0.3 is 15.7 Å². The second-order valence-electron chi connectivity index (χ2n) is 6.48. The van der Waals surface area contributed by atoms with Crippen molar-refractivity contribution in [2.75, 3.05) is 17.2 Å². The monoisotopic (exact) mass is 479 g/mol. The molecule has 0 spiro atoms. The minimum Gasteiger partial charge on any atom is -0.389 e. The number of nitrogens with one attached hydrogen (secondary N) is 2. The number of hydrogen-bond donors (Lipinski definition) is 3. The number of alkyl halides is 6. The molecule has 0 aromatic carbocycles. The Kier molecular flexibility index (Phi) is 4.52. The zero-order valence-electron chi connectivity index (χ0n) is 22.1. The average Bonchev–Trinajstić information content (AvgIpc) is 2.80. The maximum atomic E-state index is 13.2. The Morgan fingerprint density at radius 3 is 2.27 bits per heavy atom. The Morgan fingerprint density at radius 2 is 1.61 bits per heavy atom. The molecule has 0 aliphatic heterocycles. The van der Waals surface area contributed by atoms with Crippen molar-refractivity contribution in [1.82, 2.24) is 24.9 Å². The van der Waals surface area contributed by atoms with Crippen LogP contribution in [0.2, 0.25) is 0 Å². The van der Waals surface area contributed by atoms with Crippen LogP contribution < -0.4 is 10.6 Å². The molecule has 3 N–H and O–H groups in total. The summed E-state index contributed by atoms with van der Waals surface area (Å²) in [5.41, 5.74) is -6.65. The lowest BCUT2D eigenvalue weighted by Crippen LogP contribution is -2.30. The molecule has 3 aromatic heterocycles. The third-order valence-corrected chi connectivity index (χ3v) is 3.71. The van der Waals surface area contributed by atoms with Crippen molar-refractivity contribution in [3.8, 4) is 11.5 Å². The van der Waals surface area contributed by atoms with Gasteiger partial charge in [0.1, 0.15) is 17.1 Å². The van der Waals surface area contributed by atoms with Gasteiger partial charge in [0, 0.05) is 26.7 Å². The molecule has 0 fully saturated rings. The van der Waals surface area contributed by atoms with E-state index in [1.165, 1.54) is 0 Å². The smallest absolute Gasteiger partial charge is 0.389 e. The summed E-state index contributed by atoms with van der Waals surface area (Å²) in [5.74, 6) is -1.75. The van der Waals surface area contributed by atoms with Crippen LogP contribution in [0.5, 0.6) is 0 Å². The maximum Gasteiger partial charge on any atom is 0.433 e. The van der Waals surface area contributed by atoms with Gasteiger partial charge in [0.25, 0.3) is 0 Å². The Bertz CT molecular complexity index is 1320. The lowest BCUT2D eigenvalue weighted by Gasteiger charge is -2.18. The highest BCUT2D eigenvalue weighted by Gasteiger charge is 2.33. The van der Waals surface area contributed by atoms with E-state index in [1.54, 1.807) is 0 Å². The largest absolute Gasteiger partial charge is 0.433 e. The number of pyridine rings is 2. The van der Waals surface area contributed by atoms with Gasteiger partial charge in [0.15, 0.2) is 5.82 Å². The van der Waals surface area contributed by atoms with Gasteiger partial charge in [-0.25, -0.2) is 4.98 Å². The van der Waals surface area contributed by atoms with E-state index in [2.05, 4.69) is 35.6 Å². The van der Waals surface area contributed by atoms with E-state index >= 15 is 0 Å². The molecule has 14 heteroatoms. The molecule has 0 bridgehead atoms. The van der Waals surface area contributed by atoms with E-state index in [9.17, 15) is 31.4 Å². The van der Waals surface area contributed by atoms with Crippen molar-refractivity contribution >= 4 is 17.6 Å². The summed E-state index contributed by atoms with van der Waals surface area (Å²) < 4.78 is 123. The van der Waals surface area contributed by atoms with Crippen LogP contribution in [0.1, 0.15) is 33.3 Å². The first kappa shape index (κ1) is 17.0. The maximum absolute atomic E-state index is 13.2. The highest BCUT2D eigenvalue weighted by atomic mass is 19.4. The number of aromatic nitrogens is 5. The molecule has 3 aromatic rings. The van der Waals surface area contributed by atoms with Gasteiger partial charge in [-0.3, -0.25) is 4.98 Å². The number of nitrogens with zero attached hydrogens (tertiary/aromatic N) is 5. The number of halogens is 6. The SMILES string of the molecule is [2H]C([2H])([2H])C(O)(CNc1nc(Nc2ccnc(C(F)(F)F)c2)nc(-c2cccc(C(F)(F)F)n2)n1)C([2H])([2H])[2H]. The highest BCUT2D eigenvalue weighted by molar-refractivity contribution is 5.59. The topological polar surface area (TPSA) is 109 Å². The Labute approximate surface area is 191 Å². The van der Waals surface area contributed by atoms with Gasteiger partial charge in [-0.1, -0.05) is 6.07 Å². The molecule has 0 radical (unpaired) electrons. The molecule has 0 atom stereocenters. The lowest BCUT2D eigenvalue weighted by molar-refractivity contribution is -0.141. The van der Waals surface area contributed by atoms with Gasteiger partial charge in [0.2, 0.25) is 11.9 Å². The molecular formula is C19H17F6N7O. The second kappa shape index (κ2) is 8.77. The Hall–Kier alpha value is -3.55. The summed E-state index contributed by atoms with van der Waals surface area (Å²) in [6.07, 6.45) is -8.86. The van der Waals surface area contributed by atoms with E-state index in [1.807, 2.05) is 0 Å². The van der Waals surface area contributed by atoms with Crippen LogP contribution in [-0.4, -0.2) is 42.2 Å². The predicted octanol–water partition coefficient (Wildman–Crippen LogP) is 4.29. The quantitative estimate of drug-likeness (QED) is 0.450. The number of hydrogen-bond acceptors (Lipinski definition) is 8. The number of aliphatic hydroxyl groups is 1. The predicted molar refractivity (Wildman–Crippen MR) is 105 cm³/mol. The number of anilines is 3. The molecular weight excluding hydrogens is 456 g/mol. The van der Waals surface area contributed by atoms with Gasteiger partial charge in [-0.2, -0.15) is 41.3 Å². The molecule has 0 saturated carbocycles. The van der Waals surface area contributed by atoms with Crippen LogP contribution in [0, 0.1) is 0 Å². The van der Waals surface area contributed by atoms with E-state index in [0.29, 0.717) is 12.1 Å². The molecule has 33 heavy (non-hydrogen) atoms. The van der Waals surface area contributed by atoms with Crippen molar-refractivity contribution in [1.29, 1.82) is 0 Å². The molecule has 3 rings (SSSR count). The normalized spacial score (nSPS) is 16.0. The van der Waals surface area contributed by atoms with E-state index in [0.717, 1.165) is 24.4 Å². The van der Waals surface area contributed by atoms with E-state index in [4.69, 9.17) is 8.22 Å². The van der Waals surface area contributed by atoms with Crippen LogP contribution in [0.25, 0.3) is 11.5 Å². The minimum atomic E-state index is -4.86. The average molecular weight is 479 g/mol. The van der Waals surface area contributed by atoms with Gasteiger partial charge >= 0.3 is 12.4 Å². The van der Waals surface area contributed by atoms with Crippen molar-refractivity contribution in [2.45, 2.75) is 31.7 Å². The first-order chi connectivity index (χ1) is 17.7. The van der Waals surface area contributed by atoms with Crippen molar-refractivity contribution in [3.05, 3.63) is 47.9 Å². The lowest BCUT2D eigenvalue weighted by atomic mass is 10.1. The molecule has 0 unspecified atom stereocenters. The summed E-state index contributed by atoms with van der Waals surface area (Å²) in [6.45, 7) is -8.06. The molecule has 8 nitrogen and oxygen atoms in total.